The third kappa shape index (κ3) is 2.79. The van der Waals surface area contributed by atoms with E-state index in [1.54, 1.807) is 11.9 Å². The Morgan fingerprint density at radius 1 is 1.42 bits per heavy atom. The molecule has 1 aliphatic rings. The predicted octanol–water partition coefficient (Wildman–Crippen LogP) is 1.50. The first kappa shape index (κ1) is 14.0. The van der Waals surface area contributed by atoms with Gasteiger partial charge in [0, 0.05) is 54.1 Å². The van der Waals surface area contributed by atoms with E-state index < -0.39 is 0 Å². The van der Waals surface area contributed by atoms with Gasteiger partial charge in [-0.2, -0.15) is 0 Å². The van der Waals surface area contributed by atoms with Crippen LogP contribution in [0, 0.1) is 19.3 Å². The van der Waals surface area contributed by atoms with E-state index >= 15 is 0 Å². The lowest BCUT2D eigenvalue weighted by Gasteiger charge is -2.27. The van der Waals surface area contributed by atoms with E-state index in [-0.39, 0.29) is 5.84 Å². The van der Waals surface area contributed by atoms with Crippen molar-refractivity contribution >= 4 is 17.8 Å². The summed E-state index contributed by atoms with van der Waals surface area (Å²) in [6.45, 7) is 5.75. The first-order valence-corrected chi connectivity index (χ1v) is 7.05. The van der Waals surface area contributed by atoms with E-state index in [1.807, 2.05) is 0 Å². The van der Waals surface area contributed by atoms with Crippen LogP contribution in [0.25, 0.3) is 0 Å². The summed E-state index contributed by atoms with van der Waals surface area (Å²) < 4.78 is 4.40. The van der Waals surface area contributed by atoms with Crippen molar-refractivity contribution in [2.45, 2.75) is 25.2 Å². The summed E-state index contributed by atoms with van der Waals surface area (Å²) >= 11 is 1.72. The second-order valence-electron chi connectivity index (χ2n) is 4.92. The fourth-order valence-electron chi connectivity index (χ4n) is 2.14. The summed E-state index contributed by atoms with van der Waals surface area (Å²) in [7, 11) is 2.07. The molecule has 0 unspecified atom stereocenters. The molecule has 0 saturated carbocycles. The molecule has 0 aromatic carbocycles. The number of hydrogen-bond acceptors (Lipinski definition) is 4. The van der Waals surface area contributed by atoms with Gasteiger partial charge in [-0.25, -0.2) is 4.31 Å². The van der Waals surface area contributed by atoms with Crippen molar-refractivity contribution in [2.75, 3.05) is 13.1 Å². The van der Waals surface area contributed by atoms with E-state index in [0.717, 1.165) is 24.2 Å². The Labute approximate surface area is 118 Å². The topological polar surface area (TPSA) is 84.1 Å². The summed E-state index contributed by atoms with van der Waals surface area (Å²) in [4.78, 5) is 1.25. The van der Waals surface area contributed by atoms with Gasteiger partial charge < -0.3 is 16.0 Å². The highest BCUT2D eigenvalue weighted by atomic mass is 32.2. The second-order valence-corrected chi connectivity index (χ2v) is 6.06. The maximum atomic E-state index is 7.57. The summed E-state index contributed by atoms with van der Waals surface area (Å²) in [5, 5.41) is 7.57. The molecule has 0 spiro atoms. The molecule has 19 heavy (non-hydrogen) atoms. The number of nitrogens with one attached hydrogen (secondary N) is 1. The van der Waals surface area contributed by atoms with E-state index in [1.165, 1.54) is 16.3 Å². The molecule has 6 heteroatoms. The zero-order valence-electron chi connectivity index (χ0n) is 11.7. The molecule has 0 bridgehead atoms. The Morgan fingerprint density at radius 2 is 2.11 bits per heavy atom. The van der Waals surface area contributed by atoms with Crippen LogP contribution in [0.3, 0.4) is 0 Å². The van der Waals surface area contributed by atoms with E-state index in [4.69, 9.17) is 16.9 Å². The lowest BCUT2D eigenvalue weighted by Crippen LogP contribution is -2.33. The highest BCUT2D eigenvalue weighted by Crippen LogP contribution is 2.31. The Hall–Kier alpha value is -1.40. The quantitative estimate of drug-likeness (QED) is 0.445. The number of hydrogen-bond donors (Lipinski definition) is 3. The molecule has 0 radical (unpaired) electrons. The molecule has 1 aromatic rings. The summed E-state index contributed by atoms with van der Waals surface area (Å²) in [5.41, 5.74) is 15.5. The predicted molar refractivity (Wildman–Crippen MR) is 80.1 cm³/mol. The number of rotatable bonds is 3. The van der Waals surface area contributed by atoms with Crippen molar-refractivity contribution in [3.05, 3.63) is 28.7 Å². The number of nitrogens with two attached hydrogens (primary N) is 2. The molecule has 1 aliphatic heterocycles. The SMILES string of the molecule is Cc1cc(SN2CCC(N)=C(C(=N)N)C2)c(C)n1C. The number of amidine groups is 1. The molecular formula is C13H21N5S. The minimum atomic E-state index is 0.0868. The van der Waals surface area contributed by atoms with Gasteiger partial charge in [-0.3, -0.25) is 5.41 Å². The van der Waals surface area contributed by atoms with Crippen molar-refractivity contribution in [3.63, 3.8) is 0 Å². The van der Waals surface area contributed by atoms with Crippen molar-refractivity contribution < 1.29 is 0 Å². The lowest BCUT2D eigenvalue weighted by molar-refractivity contribution is 0.488. The van der Waals surface area contributed by atoms with Gasteiger partial charge in [0.05, 0.1) is 0 Å². The van der Waals surface area contributed by atoms with Gasteiger partial charge in [0.25, 0.3) is 0 Å². The maximum absolute atomic E-state index is 7.57. The molecule has 2 heterocycles. The number of aromatic nitrogens is 1. The highest BCUT2D eigenvalue weighted by molar-refractivity contribution is 7.97. The normalized spacial score (nSPS) is 17.0. The monoisotopic (exact) mass is 279 g/mol. The largest absolute Gasteiger partial charge is 0.402 e. The van der Waals surface area contributed by atoms with Crippen LogP contribution >= 0.6 is 11.9 Å². The summed E-state index contributed by atoms with van der Waals surface area (Å²) in [6.07, 6.45) is 0.771. The van der Waals surface area contributed by atoms with Gasteiger partial charge in [-0.15, -0.1) is 0 Å². The molecule has 0 atom stereocenters. The molecule has 104 valence electrons. The Morgan fingerprint density at radius 3 is 2.63 bits per heavy atom. The van der Waals surface area contributed by atoms with Crippen LogP contribution in [0.1, 0.15) is 17.8 Å². The molecule has 0 fully saturated rings. The smallest absolute Gasteiger partial charge is 0.121 e. The molecule has 2 rings (SSSR count). The van der Waals surface area contributed by atoms with Gasteiger partial charge in [0.15, 0.2) is 0 Å². The van der Waals surface area contributed by atoms with Crippen LogP contribution in [-0.4, -0.2) is 27.8 Å². The molecular weight excluding hydrogens is 258 g/mol. The third-order valence-corrected chi connectivity index (χ3v) is 4.81. The summed E-state index contributed by atoms with van der Waals surface area (Å²) in [5.74, 6) is 0.0868. The molecule has 0 amide bonds. The Kier molecular flexibility index (Phi) is 3.91. The van der Waals surface area contributed by atoms with Crippen LogP contribution in [-0.2, 0) is 7.05 Å². The number of nitrogens with zero attached hydrogens (tertiary/aromatic N) is 2. The van der Waals surface area contributed by atoms with Crippen molar-refractivity contribution in [1.82, 2.24) is 8.87 Å². The Bertz CT molecular complexity index is 543. The third-order valence-electron chi connectivity index (χ3n) is 3.63. The highest BCUT2D eigenvalue weighted by Gasteiger charge is 2.21. The van der Waals surface area contributed by atoms with E-state index in [9.17, 15) is 0 Å². The van der Waals surface area contributed by atoms with Gasteiger partial charge in [0.2, 0.25) is 0 Å². The van der Waals surface area contributed by atoms with Crippen LogP contribution in [0.2, 0.25) is 0 Å². The van der Waals surface area contributed by atoms with Gasteiger partial charge >= 0.3 is 0 Å². The zero-order valence-corrected chi connectivity index (χ0v) is 12.5. The van der Waals surface area contributed by atoms with Crippen LogP contribution in [0.5, 0.6) is 0 Å². The van der Waals surface area contributed by atoms with Crippen LogP contribution in [0.15, 0.2) is 22.2 Å². The van der Waals surface area contributed by atoms with Crippen molar-refractivity contribution in [1.29, 1.82) is 5.41 Å². The minimum Gasteiger partial charge on any atom is -0.402 e. The zero-order chi connectivity index (χ0) is 14.2. The standard InChI is InChI=1S/C13H21N5S/c1-8-6-12(9(2)17(8)3)19-18-5-4-11(14)10(7-18)13(15)16/h6H,4-5,7,14H2,1-3H3,(H3,15,16). The van der Waals surface area contributed by atoms with Crippen molar-refractivity contribution in [3.8, 4) is 0 Å². The summed E-state index contributed by atoms with van der Waals surface area (Å²) in [6, 6.07) is 2.19. The maximum Gasteiger partial charge on any atom is 0.121 e. The average molecular weight is 279 g/mol. The first-order chi connectivity index (χ1) is 8.90. The molecule has 5 nitrogen and oxygen atoms in total. The van der Waals surface area contributed by atoms with Gasteiger partial charge in [-0.05, 0) is 31.9 Å². The van der Waals surface area contributed by atoms with Crippen LogP contribution in [0.4, 0.5) is 0 Å². The van der Waals surface area contributed by atoms with Crippen LogP contribution < -0.4 is 11.5 Å². The first-order valence-electron chi connectivity index (χ1n) is 6.28. The Balaban J connectivity index is 2.13. The molecule has 0 saturated heterocycles. The van der Waals surface area contributed by atoms with E-state index in [0.29, 0.717) is 6.54 Å². The minimum absolute atomic E-state index is 0.0868. The molecule has 0 aliphatic carbocycles. The fraction of sp³-hybridized carbons (Fsp3) is 0.462. The van der Waals surface area contributed by atoms with Gasteiger partial charge in [-0.1, -0.05) is 0 Å². The van der Waals surface area contributed by atoms with E-state index in [2.05, 4.69) is 35.8 Å². The van der Waals surface area contributed by atoms with Gasteiger partial charge in [0.1, 0.15) is 5.84 Å². The second kappa shape index (κ2) is 5.30. The molecule has 1 aromatic heterocycles. The van der Waals surface area contributed by atoms with Crippen molar-refractivity contribution in [2.24, 2.45) is 18.5 Å². The fourth-order valence-corrected chi connectivity index (χ4v) is 3.29. The lowest BCUT2D eigenvalue weighted by atomic mass is 10.1. The number of aryl methyl sites for hydroxylation is 1. The molecule has 5 N–H and O–H groups in total. The average Bonchev–Trinajstić information content (AvgIpc) is 2.59.